The molecule has 0 unspecified atom stereocenters. The average molecular weight is 362 g/mol. The maximum absolute atomic E-state index is 12.1. The van der Waals surface area contributed by atoms with Crippen LogP contribution in [-0.4, -0.2) is 62.6 Å². The highest BCUT2D eigenvalue weighted by Crippen LogP contribution is 2.38. The molecule has 0 radical (unpaired) electrons. The maximum atomic E-state index is 12.1. The molecule has 0 aromatic heterocycles. The van der Waals surface area contributed by atoms with Crippen LogP contribution < -0.4 is 25.3 Å². The molecule has 0 bridgehead atoms. The number of benzene rings is 1. The first-order valence-corrected chi connectivity index (χ1v) is 7.25. The summed E-state index contributed by atoms with van der Waals surface area (Å²) in [7, 11) is 4.60. The quantitative estimate of drug-likeness (QED) is 0.698. The molecule has 1 heterocycles. The third kappa shape index (κ3) is 4.34. The SMILES string of the molecule is COc1cc(CNC(=O)N2C[C@@H](N)[C@H](O)C2)cc(OC)c1OC.Cl. The highest BCUT2D eigenvalue weighted by atomic mass is 35.5. The van der Waals surface area contributed by atoms with Crippen molar-refractivity contribution in [1.82, 2.24) is 10.2 Å². The van der Waals surface area contributed by atoms with Crippen LogP contribution in [0.15, 0.2) is 12.1 Å². The van der Waals surface area contributed by atoms with Crippen LogP contribution in [0.1, 0.15) is 5.56 Å². The zero-order chi connectivity index (χ0) is 17.0. The molecule has 0 aliphatic carbocycles. The van der Waals surface area contributed by atoms with Gasteiger partial charge in [0.15, 0.2) is 11.5 Å². The maximum Gasteiger partial charge on any atom is 0.317 e. The Balaban J connectivity index is 0.00000288. The molecule has 8 nitrogen and oxygen atoms in total. The van der Waals surface area contributed by atoms with Gasteiger partial charge in [-0.25, -0.2) is 4.79 Å². The van der Waals surface area contributed by atoms with Crippen LogP contribution in [0.3, 0.4) is 0 Å². The topological polar surface area (TPSA) is 106 Å². The summed E-state index contributed by atoms with van der Waals surface area (Å²) in [5.74, 6) is 1.54. The van der Waals surface area contributed by atoms with Crippen LogP contribution in [0.5, 0.6) is 17.2 Å². The largest absolute Gasteiger partial charge is 0.493 e. The Morgan fingerprint density at radius 3 is 2.25 bits per heavy atom. The number of likely N-dealkylation sites (tertiary alicyclic amines) is 1. The Labute approximate surface area is 147 Å². The Morgan fingerprint density at radius 1 is 1.25 bits per heavy atom. The number of rotatable bonds is 5. The fraction of sp³-hybridized carbons (Fsp3) is 0.533. The van der Waals surface area contributed by atoms with Gasteiger partial charge in [-0.3, -0.25) is 0 Å². The summed E-state index contributed by atoms with van der Waals surface area (Å²) >= 11 is 0. The minimum absolute atomic E-state index is 0. The lowest BCUT2D eigenvalue weighted by molar-refractivity contribution is 0.163. The highest BCUT2D eigenvalue weighted by Gasteiger charge is 2.31. The summed E-state index contributed by atoms with van der Waals surface area (Å²) in [5, 5.41) is 12.4. The van der Waals surface area contributed by atoms with Gasteiger partial charge < -0.3 is 35.3 Å². The number of aliphatic hydroxyl groups is 1. The fourth-order valence-electron chi connectivity index (χ4n) is 2.50. The molecule has 1 saturated heterocycles. The van der Waals surface area contributed by atoms with Crippen molar-refractivity contribution in [2.75, 3.05) is 34.4 Å². The lowest BCUT2D eigenvalue weighted by Gasteiger charge is -2.18. The van der Waals surface area contributed by atoms with E-state index >= 15 is 0 Å². The molecule has 0 spiro atoms. The molecule has 1 aliphatic rings. The van der Waals surface area contributed by atoms with Gasteiger partial charge in [0.1, 0.15) is 0 Å². The van der Waals surface area contributed by atoms with E-state index in [-0.39, 0.29) is 31.5 Å². The van der Waals surface area contributed by atoms with E-state index in [9.17, 15) is 9.90 Å². The van der Waals surface area contributed by atoms with Gasteiger partial charge in [0, 0.05) is 25.7 Å². The smallest absolute Gasteiger partial charge is 0.317 e. The van der Waals surface area contributed by atoms with Gasteiger partial charge >= 0.3 is 6.03 Å². The third-order valence-electron chi connectivity index (χ3n) is 3.79. The lowest BCUT2D eigenvalue weighted by Crippen LogP contribution is -2.39. The fourth-order valence-corrected chi connectivity index (χ4v) is 2.50. The van der Waals surface area contributed by atoms with E-state index in [1.807, 2.05) is 0 Å². The summed E-state index contributed by atoms with van der Waals surface area (Å²) in [4.78, 5) is 13.6. The number of nitrogens with two attached hydrogens (primary N) is 1. The standard InChI is InChI=1S/C15H23N3O5.ClH/c1-21-12-4-9(5-13(22-2)14(12)23-3)6-17-15(20)18-7-10(16)11(19)8-18;/h4-5,10-11,19H,6-8,16H2,1-3H3,(H,17,20);1H/t10-,11-;/m1./s1. The molecule has 136 valence electrons. The van der Waals surface area contributed by atoms with Crippen molar-refractivity contribution in [2.24, 2.45) is 5.73 Å². The number of carbonyl (C=O) groups is 1. The van der Waals surface area contributed by atoms with Crippen LogP contribution in [0.2, 0.25) is 0 Å². The van der Waals surface area contributed by atoms with Gasteiger partial charge in [0.25, 0.3) is 0 Å². The molecule has 24 heavy (non-hydrogen) atoms. The number of urea groups is 1. The average Bonchev–Trinajstić information content (AvgIpc) is 2.90. The first-order valence-electron chi connectivity index (χ1n) is 7.25. The molecule has 2 amide bonds. The van der Waals surface area contributed by atoms with Gasteiger partial charge in [-0.1, -0.05) is 0 Å². The van der Waals surface area contributed by atoms with E-state index in [1.54, 1.807) is 12.1 Å². The summed E-state index contributed by atoms with van der Waals surface area (Å²) in [5.41, 5.74) is 6.51. The number of hydrogen-bond donors (Lipinski definition) is 3. The Hall–Kier alpha value is -1.90. The van der Waals surface area contributed by atoms with Crippen molar-refractivity contribution in [3.8, 4) is 17.2 Å². The summed E-state index contributed by atoms with van der Waals surface area (Å²) in [6.45, 7) is 0.863. The van der Waals surface area contributed by atoms with Gasteiger partial charge in [0.2, 0.25) is 5.75 Å². The number of methoxy groups -OCH3 is 3. The number of halogens is 1. The van der Waals surface area contributed by atoms with Crippen LogP contribution in [0.4, 0.5) is 4.79 Å². The molecular formula is C15H24ClN3O5. The van der Waals surface area contributed by atoms with E-state index < -0.39 is 12.1 Å². The van der Waals surface area contributed by atoms with Crippen LogP contribution in [0.25, 0.3) is 0 Å². The number of ether oxygens (including phenoxy) is 3. The predicted octanol–water partition coefficient (Wildman–Crippen LogP) is 0.348. The molecule has 2 rings (SSSR count). The van der Waals surface area contributed by atoms with E-state index in [2.05, 4.69) is 5.32 Å². The van der Waals surface area contributed by atoms with Crippen LogP contribution in [-0.2, 0) is 6.54 Å². The van der Waals surface area contributed by atoms with Crippen molar-refractivity contribution < 1.29 is 24.1 Å². The number of nitrogens with zero attached hydrogens (tertiary/aromatic N) is 1. The number of hydrogen-bond acceptors (Lipinski definition) is 6. The second-order valence-corrected chi connectivity index (χ2v) is 5.33. The first-order chi connectivity index (χ1) is 11.0. The van der Waals surface area contributed by atoms with E-state index in [1.165, 1.54) is 26.2 Å². The van der Waals surface area contributed by atoms with E-state index in [0.717, 1.165) is 5.56 Å². The molecule has 4 N–H and O–H groups in total. The van der Waals surface area contributed by atoms with Gasteiger partial charge in [-0.15, -0.1) is 12.4 Å². The number of nitrogens with one attached hydrogen (secondary N) is 1. The summed E-state index contributed by atoms with van der Waals surface area (Å²) in [6.07, 6.45) is -0.679. The number of β-amino-alcohol motifs (C(OH)–C–C–N with tert-alkyl or cyclic N) is 1. The molecule has 0 saturated carbocycles. The number of amides is 2. The second kappa shape index (κ2) is 8.81. The molecule has 1 aromatic rings. The number of aliphatic hydroxyl groups excluding tert-OH is 1. The molecule has 1 aliphatic heterocycles. The molecule has 1 aromatic carbocycles. The molecular weight excluding hydrogens is 338 g/mol. The zero-order valence-corrected chi connectivity index (χ0v) is 14.8. The zero-order valence-electron chi connectivity index (χ0n) is 13.9. The third-order valence-corrected chi connectivity index (χ3v) is 3.79. The lowest BCUT2D eigenvalue weighted by atomic mass is 10.2. The molecule has 9 heteroatoms. The van der Waals surface area contributed by atoms with Gasteiger partial charge in [-0.05, 0) is 17.7 Å². The Morgan fingerprint density at radius 2 is 1.83 bits per heavy atom. The van der Waals surface area contributed by atoms with Crippen molar-refractivity contribution >= 4 is 18.4 Å². The minimum atomic E-state index is -0.679. The monoisotopic (exact) mass is 361 g/mol. The van der Waals surface area contributed by atoms with Crippen molar-refractivity contribution in [1.29, 1.82) is 0 Å². The van der Waals surface area contributed by atoms with Crippen molar-refractivity contribution in [3.05, 3.63) is 17.7 Å². The van der Waals surface area contributed by atoms with Crippen LogP contribution >= 0.6 is 12.4 Å². The van der Waals surface area contributed by atoms with Gasteiger partial charge in [-0.2, -0.15) is 0 Å². The van der Waals surface area contributed by atoms with Gasteiger partial charge in [0.05, 0.1) is 27.4 Å². The summed E-state index contributed by atoms with van der Waals surface area (Å²) < 4.78 is 15.8. The first kappa shape index (κ1) is 20.1. The van der Waals surface area contributed by atoms with Crippen LogP contribution in [0, 0.1) is 0 Å². The molecule has 2 atom stereocenters. The van der Waals surface area contributed by atoms with Crippen molar-refractivity contribution in [3.63, 3.8) is 0 Å². The second-order valence-electron chi connectivity index (χ2n) is 5.33. The number of carbonyl (C=O) groups excluding carboxylic acids is 1. The minimum Gasteiger partial charge on any atom is -0.493 e. The predicted molar refractivity (Wildman–Crippen MR) is 91.1 cm³/mol. The Kier molecular flexibility index (Phi) is 7.40. The normalized spacial score (nSPS) is 19.5. The van der Waals surface area contributed by atoms with E-state index in [4.69, 9.17) is 19.9 Å². The highest BCUT2D eigenvalue weighted by molar-refractivity contribution is 5.85. The summed E-state index contributed by atoms with van der Waals surface area (Å²) in [6, 6.07) is 2.87. The Bertz CT molecular complexity index is 537. The van der Waals surface area contributed by atoms with Crippen molar-refractivity contribution in [2.45, 2.75) is 18.7 Å². The molecule has 1 fully saturated rings. The van der Waals surface area contributed by atoms with E-state index in [0.29, 0.717) is 23.8 Å².